The topological polar surface area (TPSA) is 9.72 Å². The highest BCUT2D eigenvalue weighted by Gasteiger charge is 2.22. The first-order valence-corrected chi connectivity index (χ1v) is 5.05. The lowest BCUT2D eigenvalue weighted by atomic mass is 10.3. The second-order valence-corrected chi connectivity index (χ2v) is 3.94. The van der Waals surface area contributed by atoms with Gasteiger partial charge in [0, 0.05) is 31.9 Å². The molecule has 0 amide bonds. The van der Waals surface area contributed by atoms with Crippen LogP contribution in [-0.4, -0.2) is 60.6 Å². The molecule has 1 aliphatic heterocycles. The predicted octanol–water partition coefficient (Wildman–Crippen LogP) is 0.356. The highest BCUT2D eigenvalue weighted by atomic mass is 32.1. The van der Waals surface area contributed by atoms with Gasteiger partial charge in [0.05, 0.1) is 6.67 Å². The van der Waals surface area contributed by atoms with Gasteiger partial charge in [-0.25, -0.2) is 10.0 Å². The van der Waals surface area contributed by atoms with Gasteiger partial charge in [-0.15, -0.1) is 0 Å². The monoisotopic (exact) mass is 189 g/mol. The molecule has 0 aromatic rings. The Hall–Kier alpha value is 0.230. The molecule has 0 saturated carbocycles. The van der Waals surface area contributed by atoms with E-state index in [-0.39, 0.29) is 0 Å². The van der Waals surface area contributed by atoms with Crippen LogP contribution >= 0.6 is 12.6 Å². The molecule has 0 bridgehead atoms. The van der Waals surface area contributed by atoms with Crippen molar-refractivity contribution in [2.45, 2.75) is 13.0 Å². The SMILES string of the molecule is CC(CS)N1CCN(C)CN1C. The Labute approximate surface area is 80.7 Å². The molecule has 0 aromatic carbocycles. The second kappa shape index (κ2) is 4.46. The quantitative estimate of drug-likeness (QED) is 0.629. The second-order valence-electron chi connectivity index (χ2n) is 3.57. The van der Waals surface area contributed by atoms with Gasteiger partial charge in [0.2, 0.25) is 0 Å². The maximum absolute atomic E-state index is 4.31. The van der Waals surface area contributed by atoms with E-state index in [1.54, 1.807) is 0 Å². The number of hydrazine groups is 1. The number of hydrogen-bond acceptors (Lipinski definition) is 4. The Bertz CT molecular complexity index is 142. The number of rotatable bonds is 2. The minimum atomic E-state index is 0.548. The molecule has 72 valence electrons. The third-order valence-electron chi connectivity index (χ3n) is 2.37. The van der Waals surface area contributed by atoms with Gasteiger partial charge in [0.15, 0.2) is 0 Å². The van der Waals surface area contributed by atoms with Gasteiger partial charge in [-0.3, -0.25) is 4.90 Å². The first kappa shape index (κ1) is 10.3. The molecule has 1 rings (SSSR count). The molecule has 1 saturated heterocycles. The van der Waals surface area contributed by atoms with Gasteiger partial charge in [0.1, 0.15) is 0 Å². The van der Waals surface area contributed by atoms with Crippen molar-refractivity contribution in [3.63, 3.8) is 0 Å². The minimum Gasteiger partial charge on any atom is -0.291 e. The fraction of sp³-hybridized carbons (Fsp3) is 1.00. The number of hydrogen-bond donors (Lipinski definition) is 1. The van der Waals surface area contributed by atoms with E-state index in [4.69, 9.17) is 0 Å². The third-order valence-corrected chi connectivity index (χ3v) is 2.90. The van der Waals surface area contributed by atoms with Crippen molar-refractivity contribution in [2.75, 3.05) is 39.6 Å². The summed E-state index contributed by atoms with van der Waals surface area (Å²) in [6.45, 7) is 5.52. The zero-order chi connectivity index (χ0) is 9.14. The first-order valence-electron chi connectivity index (χ1n) is 4.42. The fourth-order valence-electron chi connectivity index (χ4n) is 1.60. The molecular weight excluding hydrogens is 170 g/mol. The summed E-state index contributed by atoms with van der Waals surface area (Å²) in [6.07, 6.45) is 0. The van der Waals surface area contributed by atoms with E-state index in [0.29, 0.717) is 6.04 Å². The van der Waals surface area contributed by atoms with Crippen molar-refractivity contribution in [2.24, 2.45) is 0 Å². The molecule has 12 heavy (non-hydrogen) atoms. The number of nitrogens with zero attached hydrogens (tertiary/aromatic N) is 3. The summed E-state index contributed by atoms with van der Waals surface area (Å²) >= 11 is 4.31. The summed E-state index contributed by atoms with van der Waals surface area (Å²) in [4.78, 5) is 2.32. The third kappa shape index (κ3) is 2.36. The predicted molar refractivity (Wildman–Crippen MR) is 55.3 cm³/mol. The smallest absolute Gasteiger partial charge is 0.0643 e. The maximum Gasteiger partial charge on any atom is 0.0643 e. The average molecular weight is 189 g/mol. The van der Waals surface area contributed by atoms with Crippen LogP contribution in [0.15, 0.2) is 0 Å². The van der Waals surface area contributed by atoms with Crippen molar-refractivity contribution in [3.05, 3.63) is 0 Å². The lowest BCUT2D eigenvalue weighted by molar-refractivity contribution is -0.0962. The molecule has 1 unspecified atom stereocenters. The Morgan fingerprint density at radius 2 is 2.00 bits per heavy atom. The van der Waals surface area contributed by atoms with Crippen molar-refractivity contribution in [1.29, 1.82) is 0 Å². The van der Waals surface area contributed by atoms with E-state index in [2.05, 4.69) is 48.6 Å². The van der Waals surface area contributed by atoms with Crippen LogP contribution < -0.4 is 0 Å². The molecule has 1 aliphatic rings. The van der Waals surface area contributed by atoms with E-state index in [1.807, 2.05) is 0 Å². The molecule has 0 N–H and O–H groups in total. The van der Waals surface area contributed by atoms with E-state index in [1.165, 1.54) is 0 Å². The summed E-state index contributed by atoms with van der Waals surface area (Å²) in [7, 11) is 4.29. The molecule has 0 radical (unpaired) electrons. The normalized spacial score (nSPS) is 26.0. The van der Waals surface area contributed by atoms with Crippen LogP contribution in [0.1, 0.15) is 6.92 Å². The van der Waals surface area contributed by atoms with Gasteiger partial charge >= 0.3 is 0 Å². The van der Waals surface area contributed by atoms with E-state index in [9.17, 15) is 0 Å². The van der Waals surface area contributed by atoms with Crippen LogP contribution in [0, 0.1) is 0 Å². The highest BCUT2D eigenvalue weighted by molar-refractivity contribution is 7.80. The van der Waals surface area contributed by atoms with Crippen LogP contribution in [0.4, 0.5) is 0 Å². The summed E-state index contributed by atoms with van der Waals surface area (Å²) in [5.74, 6) is 0.925. The first-order chi connectivity index (χ1) is 5.65. The van der Waals surface area contributed by atoms with Gasteiger partial charge in [-0.2, -0.15) is 12.6 Å². The Balaban J connectivity index is 2.44. The molecule has 1 atom stereocenters. The lowest BCUT2D eigenvalue weighted by Gasteiger charge is -2.43. The Morgan fingerprint density at radius 3 is 2.50 bits per heavy atom. The van der Waals surface area contributed by atoms with Crippen LogP contribution in [0.2, 0.25) is 0 Å². The summed E-state index contributed by atoms with van der Waals surface area (Å²) < 4.78 is 0. The molecular formula is C8H19N3S. The van der Waals surface area contributed by atoms with E-state index >= 15 is 0 Å². The molecule has 0 aromatic heterocycles. The van der Waals surface area contributed by atoms with Gasteiger partial charge in [0.25, 0.3) is 0 Å². The molecule has 0 spiro atoms. The molecule has 1 fully saturated rings. The van der Waals surface area contributed by atoms with Gasteiger partial charge in [-0.05, 0) is 14.0 Å². The van der Waals surface area contributed by atoms with Gasteiger partial charge < -0.3 is 0 Å². The number of thiol groups is 1. The van der Waals surface area contributed by atoms with Crippen molar-refractivity contribution in [1.82, 2.24) is 14.9 Å². The number of likely N-dealkylation sites (N-methyl/N-ethyl adjacent to an activating group) is 1. The largest absolute Gasteiger partial charge is 0.291 e. The average Bonchev–Trinajstić information content (AvgIpc) is 2.03. The van der Waals surface area contributed by atoms with Crippen LogP contribution in [-0.2, 0) is 0 Å². The maximum atomic E-state index is 4.31. The summed E-state index contributed by atoms with van der Waals surface area (Å²) in [6, 6.07) is 0.548. The minimum absolute atomic E-state index is 0.548. The van der Waals surface area contributed by atoms with Crippen molar-refractivity contribution < 1.29 is 0 Å². The van der Waals surface area contributed by atoms with Crippen molar-refractivity contribution >= 4 is 12.6 Å². The highest BCUT2D eigenvalue weighted by Crippen LogP contribution is 2.09. The van der Waals surface area contributed by atoms with Crippen LogP contribution in [0.3, 0.4) is 0 Å². The fourth-order valence-corrected chi connectivity index (χ4v) is 1.78. The van der Waals surface area contributed by atoms with E-state index in [0.717, 1.165) is 25.5 Å². The van der Waals surface area contributed by atoms with Crippen molar-refractivity contribution in [3.8, 4) is 0 Å². The Morgan fingerprint density at radius 1 is 1.33 bits per heavy atom. The molecule has 0 aliphatic carbocycles. The molecule has 3 nitrogen and oxygen atoms in total. The molecule has 1 heterocycles. The summed E-state index contributed by atoms with van der Waals surface area (Å²) in [5, 5.41) is 4.65. The zero-order valence-corrected chi connectivity index (χ0v) is 9.09. The lowest BCUT2D eigenvalue weighted by Crippen LogP contribution is -2.57. The Kier molecular flexibility index (Phi) is 3.83. The van der Waals surface area contributed by atoms with E-state index < -0.39 is 0 Å². The van der Waals surface area contributed by atoms with Gasteiger partial charge in [-0.1, -0.05) is 0 Å². The standard InChI is InChI=1S/C8H19N3S/c1-8(6-12)11-5-4-9(2)7-10(11)3/h8,12H,4-7H2,1-3H3. The summed E-state index contributed by atoms with van der Waals surface area (Å²) in [5.41, 5.74) is 0. The van der Waals surface area contributed by atoms with Crippen LogP contribution in [0.5, 0.6) is 0 Å². The molecule has 4 heteroatoms. The van der Waals surface area contributed by atoms with Crippen LogP contribution in [0.25, 0.3) is 0 Å². The zero-order valence-electron chi connectivity index (χ0n) is 8.19.